The molecule has 0 amide bonds. The van der Waals surface area contributed by atoms with E-state index in [1.165, 1.54) is 11.4 Å². The lowest BCUT2D eigenvalue weighted by Gasteiger charge is -2.20. The average Bonchev–Trinajstić information content (AvgIpc) is 2.39. The highest BCUT2D eigenvalue weighted by Crippen LogP contribution is 2.31. The topological polar surface area (TPSA) is 32.3 Å². The van der Waals surface area contributed by atoms with Gasteiger partial charge in [-0.25, -0.2) is 0 Å². The van der Waals surface area contributed by atoms with Crippen molar-refractivity contribution in [2.24, 2.45) is 0 Å². The van der Waals surface area contributed by atoms with Crippen molar-refractivity contribution in [2.45, 2.75) is 13.8 Å². The van der Waals surface area contributed by atoms with Crippen LogP contribution in [0.4, 0.5) is 11.4 Å². The average molecular weight is 270 g/mol. The van der Waals surface area contributed by atoms with E-state index in [-0.39, 0.29) is 0 Å². The Labute approximate surface area is 121 Å². The van der Waals surface area contributed by atoms with Gasteiger partial charge in [0.2, 0.25) is 0 Å². The molecule has 2 aromatic rings. The lowest BCUT2D eigenvalue weighted by molar-refractivity contribution is 1.08. The van der Waals surface area contributed by atoms with Gasteiger partial charge in [0, 0.05) is 63.1 Å². The number of aromatic nitrogens is 2. The third kappa shape index (κ3) is 2.46. The third-order valence-electron chi connectivity index (χ3n) is 3.54. The van der Waals surface area contributed by atoms with E-state index in [4.69, 9.17) is 0 Å². The molecule has 0 aliphatic rings. The monoisotopic (exact) mass is 270 g/mol. The molecule has 2 heterocycles. The first-order valence-electron chi connectivity index (χ1n) is 6.69. The summed E-state index contributed by atoms with van der Waals surface area (Å²) in [5.74, 6) is 0. The Bertz CT molecular complexity index is 562. The lowest BCUT2D eigenvalue weighted by Crippen LogP contribution is -2.13. The van der Waals surface area contributed by atoms with Gasteiger partial charge in [-0.05, 0) is 26.0 Å². The summed E-state index contributed by atoms with van der Waals surface area (Å²) in [5.41, 5.74) is 6.57. The molecule has 0 unspecified atom stereocenters. The van der Waals surface area contributed by atoms with Crippen LogP contribution in [0.1, 0.15) is 11.1 Å². The minimum absolute atomic E-state index is 0.956. The first-order valence-corrected chi connectivity index (χ1v) is 6.69. The van der Waals surface area contributed by atoms with Gasteiger partial charge in [-0.15, -0.1) is 0 Å². The van der Waals surface area contributed by atoms with E-state index < -0.39 is 0 Å². The summed E-state index contributed by atoms with van der Waals surface area (Å²) in [5, 5.41) is 0. The fourth-order valence-corrected chi connectivity index (χ4v) is 2.50. The molecule has 2 aromatic heterocycles. The molecule has 0 aliphatic carbocycles. The van der Waals surface area contributed by atoms with Crippen molar-refractivity contribution in [1.29, 1.82) is 0 Å². The zero-order chi connectivity index (χ0) is 14.9. The van der Waals surface area contributed by atoms with Crippen LogP contribution in [-0.4, -0.2) is 38.2 Å². The van der Waals surface area contributed by atoms with Gasteiger partial charge >= 0.3 is 0 Å². The van der Waals surface area contributed by atoms with Crippen LogP contribution in [0.15, 0.2) is 24.5 Å². The molecule has 0 radical (unpaired) electrons. The van der Waals surface area contributed by atoms with Crippen molar-refractivity contribution < 1.29 is 0 Å². The standard InChI is InChI=1S/C16H22N4/c1-11-13(19(3)4)7-9-17-15(11)16-12(2)14(20(5)6)8-10-18-16/h7-10H,1-6H3. The Morgan fingerprint density at radius 3 is 1.35 bits per heavy atom. The number of rotatable bonds is 3. The highest BCUT2D eigenvalue weighted by molar-refractivity contribution is 5.73. The normalized spacial score (nSPS) is 10.5. The van der Waals surface area contributed by atoms with Crippen molar-refractivity contribution in [1.82, 2.24) is 9.97 Å². The second-order valence-electron chi connectivity index (χ2n) is 5.40. The van der Waals surface area contributed by atoms with Crippen molar-refractivity contribution >= 4 is 11.4 Å². The number of hydrogen-bond donors (Lipinski definition) is 0. The van der Waals surface area contributed by atoms with Crippen LogP contribution >= 0.6 is 0 Å². The van der Waals surface area contributed by atoms with E-state index in [0.29, 0.717) is 0 Å². The van der Waals surface area contributed by atoms with Crippen LogP contribution in [0.5, 0.6) is 0 Å². The number of pyridine rings is 2. The zero-order valence-electron chi connectivity index (χ0n) is 13.1. The molecule has 4 heteroatoms. The van der Waals surface area contributed by atoms with Crippen molar-refractivity contribution in [3.8, 4) is 11.4 Å². The van der Waals surface area contributed by atoms with Crippen molar-refractivity contribution in [3.05, 3.63) is 35.7 Å². The van der Waals surface area contributed by atoms with E-state index in [2.05, 4.69) is 33.6 Å². The van der Waals surface area contributed by atoms with Gasteiger partial charge in [-0.2, -0.15) is 0 Å². The van der Waals surface area contributed by atoms with Crippen LogP contribution < -0.4 is 9.80 Å². The van der Waals surface area contributed by atoms with Gasteiger partial charge < -0.3 is 9.80 Å². The zero-order valence-corrected chi connectivity index (χ0v) is 13.1. The molecular formula is C16H22N4. The SMILES string of the molecule is Cc1c(N(C)C)ccnc1-c1nccc(N(C)C)c1C. The molecule has 106 valence electrons. The number of nitrogens with zero attached hydrogens (tertiary/aromatic N) is 4. The van der Waals surface area contributed by atoms with Crippen molar-refractivity contribution in [3.63, 3.8) is 0 Å². The molecule has 4 nitrogen and oxygen atoms in total. The highest BCUT2D eigenvalue weighted by atomic mass is 15.1. The van der Waals surface area contributed by atoms with Gasteiger partial charge in [-0.1, -0.05) is 0 Å². The summed E-state index contributed by atoms with van der Waals surface area (Å²) in [6, 6.07) is 4.06. The molecule has 0 aliphatic heterocycles. The molecule has 0 saturated heterocycles. The first kappa shape index (κ1) is 14.3. The fraction of sp³-hybridized carbons (Fsp3) is 0.375. The molecule has 20 heavy (non-hydrogen) atoms. The molecule has 0 aromatic carbocycles. The third-order valence-corrected chi connectivity index (χ3v) is 3.54. The summed E-state index contributed by atoms with van der Waals surface area (Å²) in [7, 11) is 8.18. The predicted octanol–water partition coefficient (Wildman–Crippen LogP) is 2.89. The van der Waals surface area contributed by atoms with E-state index in [9.17, 15) is 0 Å². The summed E-state index contributed by atoms with van der Waals surface area (Å²) >= 11 is 0. The first-order chi connectivity index (χ1) is 9.43. The van der Waals surface area contributed by atoms with E-state index in [0.717, 1.165) is 22.5 Å². The van der Waals surface area contributed by atoms with E-state index in [1.807, 2.05) is 52.7 Å². The smallest absolute Gasteiger partial charge is 0.0939 e. The quantitative estimate of drug-likeness (QED) is 0.858. The predicted molar refractivity (Wildman–Crippen MR) is 85.6 cm³/mol. The fourth-order valence-electron chi connectivity index (χ4n) is 2.50. The van der Waals surface area contributed by atoms with Gasteiger partial charge in [0.1, 0.15) is 0 Å². The molecule has 0 fully saturated rings. The van der Waals surface area contributed by atoms with Crippen LogP contribution in [0.3, 0.4) is 0 Å². The maximum atomic E-state index is 4.55. The molecular weight excluding hydrogens is 248 g/mol. The van der Waals surface area contributed by atoms with Crippen LogP contribution in [-0.2, 0) is 0 Å². The Morgan fingerprint density at radius 2 is 1.05 bits per heavy atom. The Morgan fingerprint density at radius 1 is 0.700 bits per heavy atom. The summed E-state index contributed by atoms with van der Waals surface area (Å²) in [6.07, 6.45) is 3.70. The van der Waals surface area contributed by atoms with E-state index >= 15 is 0 Å². The van der Waals surface area contributed by atoms with Crippen LogP contribution in [0.2, 0.25) is 0 Å². The molecule has 0 saturated carbocycles. The Kier molecular flexibility index (Phi) is 3.93. The summed E-state index contributed by atoms with van der Waals surface area (Å²) < 4.78 is 0. The maximum absolute atomic E-state index is 4.55. The van der Waals surface area contributed by atoms with Gasteiger partial charge in [0.15, 0.2) is 0 Å². The maximum Gasteiger partial charge on any atom is 0.0939 e. The molecule has 0 atom stereocenters. The van der Waals surface area contributed by atoms with Gasteiger partial charge in [0.25, 0.3) is 0 Å². The largest absolute Gasteiger partial charge is 0.377 e. The Balaban J connectivity index is 2.64. The second kappa shape index (κ2) is 5.49. The molecule has 0 spiro atoms. The minimum Gasteiger partial charge on any atom is -0.377 e. The molecule has 0 bridgehead atoms. The van der Waals surface area contributed by atoms with Crippen LogP contribution in [0, 0.1) is 13.8 Å². The molecule has 2 rings (SSSR count). The van der Waals surface area contributed by atoms with E-state index in [1.54, 1.807) is 0 Å². The number of anilines is 2. The van der Waals surface area contributed by atoms with Crippen LogP contribution in [0.25, 0.3) is 11.4 Å². The summed E-state index contributed by atoms with van der Waals surface area (Å²) in [6.45, 7) is 4.20. The highest BCUT2D eigenvalue weighted by Gasteiger charge is 2.14. The van der Waals surface area contributed by atoms with Gasteiger partial charge in [0.05, 0.1) is 11.4 Å². The van der Waals surface area contributed by atoms with Gasteiger partial charge in [-0.3, -0.25) is 9.97 Å². The second-order valence-corrected chi connectivity index (χ2v) is 5.40. The molecule has 0 N–H and O–H groups in total. The lowest BCUT2D eigenvalue weighted by atomic mass is 10.0. The summed E-state index contributed by atoms with van der Waals surface area (Å²) in [4.78, 5) is 13.3. The van der Waals surface area contributed by atoms with Crippen molar-refractivity contribution in [2.75, 3.05) is 38.0 Å². The number of hydrogen-bond acceptors (Lipinski definition) is 4. The minimum atomic E-state index is 0.956. The Hall–Kier alpha value is -2.10.